The molecule has 44 heavy (non-hydrogen) atoms. The van der Waals surface area contributed by atoms with E-state index in [2.05, 4.69) is 10.3 Å². The van der Waals surface area contributed by atoms with E-state index in [1.54, 1.807) is 79.7 Å². The Kier molecular flexibility index (Phi) is 8.43. The maximum Gasteiger partial charge on any atom is 0.347 e. The number of para-hydroxylation sites is 1. The summed E-state index contributed by atoms with van der Waals surface area (Å²) in [6.45, 7) is 2.01. The number of aromatic nitrogens is 1. The van der Waals surface area contributed by atoms with Crippen molar-refractivity contribution in [2.45, 2.75) is 29.7 Å². The van der Waals surface area contributed by atoms with Crippen LogP contribution < -0.4 is 16.8 Å². The van der Waals surface area contributed by atoms with Crippen LogP contribution in [0.2, 0.25) is 0 Å². The van der Waals surface area contributed by atoms with E-state index >= 15 is 0 Å². The molecule has 0 saturated heterocycles. The number of amidine groups is 1. The van der Waals surface area contributed by atoms with E-state index in [-0.39, 0.29) is 40.9 Å². The van der Waals surface area contributed by atoms with Crippen LogP contribution in [0.25, 0.3) is 21.7 Å². The van der Waals surface area contributed by atoms with E-state index in [0.717, 1.165) is 5.56 Å². The minimum absolute atomic E-state index is 0.0119. The Balaban J connectivity index is 1.54. The van der Waals surface area contributed by atoms with Crippen LogP contribution in [-0.4, -0.2) is 37.7 Å². The van der Waals surface area contributed by atoms with Crippen LogP contribution >= 0.6 is 0 Å². The Labute approximate surface area is 254 Å². The van der Waals surface area contributed by atoms with Crippen molar-refractivity contribution in [1.29, 1.82) is 5.41 Å². The maximum absolute atomic E-state index is 14.3. The van der Waals surface area contributed by atoms with Gasteiger partial charge in [-0.2, -0.15) is 0 Å². The number of nitrogens with zero attached hydrogens (tertiary/aromatic N) is 1. The first-order valence-electron chi connectivity index (χ1n) is 13.9. The number of rotatable bonds is 10. The number of sulfone groups is 1. The minimum Gasteiger partial charge on any atom is -0.463 e. The standard InChI is InChI=1S/C33H31N5O5S/c1-2-18-43-32(40)33(36,44(41,42)28-10-4-6-22-8-5-17-37-29(22)28)25-15-16-26-24(19-25)7-3-9-27(26)31(39)38-20-21-11-13-23(14-12-21)30(34)35/h3-17,19H,2,18,20,36H2,1H3,(H3,34,35)(H,38,39). The zero-order valence-electron chi connectivity index (χ0n) is 23.9. The SMILES string of the molecule is CCCOC(=O)C(N)(c1ccc2c(C(=O)NCc3ccc(C(=N)N)cc3)cccc2c1)S(=O)(=O)c1cccc2cccnc12. The first-order chi connectivity index (χ1) is 21.1. The van der Waals surface area contributed by atoms with Gasteiger partial charge in [0.1, 0.15) is 5.84 Å². The molecule has 11 heteroatoms. The summed E-state index contributed by atoms with van der Waals surface area (Å²) in [5, 5.41) is 12.0. The monoisotopic (exact) mass is 609 g/mol. The van der Waals surface area contributed by atoms with Crippen LogP contribution in [0.4, 0.5) is 0 Å². The summed E-state index contributed by atoms with van der Waals surface area (Å²) in [5.74, 6) is -1.51. The number of hydrogen-bond donors (Lipinski definition) is 4. The molecule has 1 unspecified atom stereocenters. The Morgan fingerprint density at radius 1 is 0.955 bits per heavy atom. The lowest BCUT2D eigenvalue weighted by Crippen LogP contribution is -2.52. The molecule has 0 saturated carbocycles. The summed E-state index contributed by atoms with van der Waals surface area (Å²) in [6, 6.07) is 24.6. The fraction of sp³-hybridized carbons (Fsp3) is 0.152. The highest BCUT2D eigenvalue weighted by Gasteiger charge is 2.52. The summed E-state index contributed by atoms with van der Waals surface area (Å²) < 4.78 is 34.0. The highest BCUT2D eigenvalue weighted by molar-refractivity contribution is 7.93. The van der Waals surface area contributed by atoms with E-state index < -0.39 is 20.7 Å². The van der Waals surface area contributed by atoms with E-state index in [0.29, 0.717) is 33.7 Å². The van der Waals surface area contributed by atoms with Crippen LogP contribution in [0.3, 0.4) is 0 Å². The lowest BCUT2D eigenvalue weighted by atomic mass is 9.98. The molecular weight excluding hydrogens is 578 g/mol. The number of nitrogens with two attached hydrogens (primary N) is 2. The number of hydrogen-bond acceptors (Lipinski definition) is 8. The van der Waals surface area contributed by atoms with Gasteiger partial charge in [0.2, 0.25) is 14.7 Å². The highest BCUT2D eigenvalue weighted by atomic mass is 32.2. The van der Waals surface area contributed by atoms with Crippen LogP contribution in [0.1, 0.15) is 40.4 Å². The molecule has 0 aliphatic rings. The van der Waals surface area contributed by atoms with Crippen molar-refractivity contribution < 1.29 is 22.7 Å². The third-order valence-corrected chi connectivity index (χ3v) is 9.48. The van der Waals surface area contributed by atoms with Gasteiger partial charge in [-0.05, 0) is 52.6 Å². The minimum atomic E-state index is -4.61. The van der Waals surface area contributed by atoms with Crippen LogP contribution in [-0.2, 0) is 30.8 Å². The molecule has 10 nitrogen and oxygen atoms in total. The van der Waals surface area contributed by atoms with Crippen molar-refractivity contribution in [3.05, 3.63) is 119 Å². The smallest absolute Gasteiger partial charge is 0.347 e. The van der Waals surface area contributed by atoms with Crippen molar-refractivity contribution in [2.24, 2.45) is 11.5 Å². The number of fused-ring (bicyclic) bond motifs is 2. The molecule has 1 heterocycles. The zero-order valence-corrected chi connectivity index (χ0v) is 24.7. The van der Waals surface area contributed by atoms with Gasteiger partial charge in [0.25, 0.3) is 5.91 Å². The average molecular weight is 610 g/mol. The Morgan fingerprint density at radius 2 is 1.66 bits per heavy atom. The van der Waals surface area contributed by atoms with Crippen molar-refractivity contribution in [2.75, 3.05) is 6.61 Å². The molecule has 1 atom stereocenters. The average Bonchev–Trinajstić information content (AvgIpc) is 3.04. The van der Waals surface area contributed by atoms with Crippen LogP contribution in [0, 0.1) is 5.41 Å². The number of carbonyl (C=O) groups excluding carboxylic acids is 2. The number of nitrogen functional groups attached to an aromatic ring is 1. The number of ether oxygens (including phenoxy) is 1. The van der Waals surface area contributed by atoms with Gasteiger partial charge in [0, 0.05) is 29.3 Å². The van der Waals surface area contributed by atoms with Gasteiger partial charge < -0.3 is 15.8 Å². The third-order valence-electron chi connectivity index (χ3n) is 7.32. The van der Waals surface area contributed by atoms with Crippen molar-refractivity contribution in [3.8, 4) is 0 Å². The van der Waals surface area contributed by atoms with Crippen molar-refractivity contribution in [3.63, 3.8) is 0 Å². The predicted octanol–water partition coefficient (Wildman–Crippen LogP) is 4.14. The predicted molar refractivity (Wildman–Crippen MR) is 169 cm³/mol. The Morgan fingerprint density at radius 3 is 2.39 bits per heavy atom. The molecule has 224 valence electrons. The first kappa shape index (κ1) is 30.3. The molecule has 1 aromatic heterocycles. The Bertz CT molecular complexity index is 2010. The van der Waals surface area contributed by atoms with Gasteiger partial charge in [-0.3, -0.25) is 20.9 Å². The molecule has 4 aromatic carbocycles. The lowest BCUT2D eigenvalue weighted by molar-refractivity contribution is -0.147. The molecule has 6 N–H and O–H groups in total. The summed E-state index contributed by atoms with van der Waals surface area (Å²) in [6.07, 6.45) is 1.94. The van der Waals surface area contributed by atoms with Gasteiger partial charge in [0.15, 0.2) is 0 Å². The summed E-state index contributed by atoms with van der Waals surface area (Å²) in [7, 11) is -4.61. The molecular formula is C33H31N5O5S. The third kappa shape index (κ3) is 5.50. The van der Waals surface area contributed by atoms with Crippen LogP contribution in [0.5, 0.6) is 0 Å². The van der Waals surface area contributed by atoms with E-state index in [9.17, 15) is 18.0 Å². The largest absolute Gasteiger partial charge is 0.463 e. The molecule has 0 aliphatic carbocycles. The normalized spacial score (nSPS) is 12.9. The number of esters is 1. The van der Waals surface area contributed by atoms with E-state index in [4.69, 9.17) is 21.6 Å². The van der Waals surface area contributed by atoms with Crippen LogP contribution in [0.15, 0.2) is 102 Å². The maximum atomic E-state index is 14.3. The summed E-state index contributed by atoms with van der Waals surface area (Å²) in [5.41, 5.74) is 14.1. The summed E-state index contributed by atoms with van der Waals surface area (Å²) >= 11 is 0. The molecule has 5 rings (SSSR count). The Hall–Kier alpha value is -5.13. The highest BCUT2D eigenvalue weighted by Crippen LogP contribution is 2.37. The second kappa shape index (κ2) is 12.2. The van der Waals surface area contributed by atoms with Gasteiger partial charge in [-0.1, -0.05) is 73.7 Å². The first-order valence-corrected chi connectivity index (χ1v) is 15.4. The van der Waals surface area contributed by atoms with Gasteiger partial charge in [-0.15, -0.1) is 0 Å². The van der Waals surface area contributed by atoms with E-state index in [1.165, 1.54) is 24.4 Å². The number of pyridine rings is 1. The number of carbonyl (C=O) groups is 2. The molecule has 5 aromatic rings. The molecule has 0 aliphatic heterocycles. The number of benzene rings is 4. The lowest BCUT2D eigenvalue weighted by Gasteiger charge is -2.28. The summed E-state index contributed by atoms with van der Waals surface area (Å²) in [4.78, 5) is 28.2. The van der Waals surface area contributed by atoms with Crippen molar-refractivity contribution in [1.82, 2.24) is 10.3 Å². The van der Waals surface area contributed by atoms with Gasteiger partial charge in [0.05, 0.1) is 17.0 Å². The van der Waals surface area contributed by atoms with E-state index in [1.807, 2.05) is 0 Å². The molecule has 0 fully saturated rings. The second-order valence-corrected chi connectivity index (χ2v) is 12.3. The zero-order chi connectivity index (χ0) is 31.5. The topological polar surface area (TPSA) is 178 Å². The molecule has 1 amide bonds. The van der Waals surface area contributed by atoms with Crippen molar-refractivity contribution >= 4 is 49.2 Å². The molecule has 0 bridgehead atoms. The molecule has 0 spiro atoms. The fourth-order valence-electron chi connectivity index (χ4n) is 4.94. The number of nitrogens with one attached hydrogen (secondary N) is 2. The quantitative estimate of drug-likeness (QED) is 0.104. The molecule has 0 radical (unpaired) electrons. The number of amides is 1. The van der Waals surface area contributed by atoms with Gasteiger partial charge in [-0.25, -0.2) is 13.2 Å². The van der Waals surface area contributed by atoms with Gasteiger partial charge >= 0.3 is 5.97 Å². The fourth-order valence-corrected chi connectivity index (χ4v) is 6.69. The second-order valence-electron chi connectivity index (χ2n) is 10.2.